The average molecular weight is 254 g/mol. The van der Waals surface area contributed by atoms with Crippen molar-refractivity contribution in [2.24, 2.45) is 5.84 Å². The van der Waals surface area contributed by atoms with Crippen LogP contribution in [0.2, 0.25) is 0 Å². The molecule has 0 aromatic carbocycles. The van der Waals surface area contributed by atoms with E-state index >= 15 is 0 Å². The molecule has 0 bridgehead atoms. The maximum atomic E-state index is 11.0. The Morgan fingerprint density at radius 3 is 2.72 bits per heavy atom. The van der Waals surface area contributed by atoms with E-state index in [4.69, 9.17) is 5.84 Å². The summed E-state index contributed by atoms with van der Waals surface area (Å²) >= 11 is 0. The van der Waals surface area contributed by atoms with Crippen molar-refractivity contribution in [2.45, 2.75) is 39.2 Å². The van der Waals surface area contributed by atoms with Gasteiger partial charge in [-0.1, -0.05) is 19.8 Å². The molecular weight excluding hydrogens is 236 g/mol. The van der Waals surface area contributed by atoms with Crippen molar-refractivity contribution in [2.75, 3.05) is 10.7 Å². The lowest BCUT2D eigenvalue weighted by molar-refractivity contribution is -0.383. The van der Waals surface area contributed by atoms with Crippen LogP contribution in [-0.2, 0) is 0 Å². The van der Waals surface area contributed by atoms with Crippen LogP contribution in [0.3, 0.4) is 0 Å². The maximum Gasteiger partial charge on any atom is 0.354 e. The SMILES string of the molecule is CCCCC(C)Nc1ncnc(NN)c1[N+](=O)[O-]. The molecule has 0 spiro atoms. The number of hydrazine groups is 1. The number of unbranched alkanes of at least 4 members (excludes halogenated alkanes) is 1. The van der Waals surface area contributed by atoms with E-state index in [0.717, 1.165) is 19.3 Å². The lowest BCUT2D eigenvalue weighted by atomic mass is 10.1. The minimum atomic E-state index is -0.552. The molecule has 1 heterocycles. The molecule has 18 heavy (non-hydrogen) atoms. The second-order valence-electron chi connectivity index (χ2n) is 4.01. The third kappa shape index (κ3) is 3.52. The molecule has 0 aliphatic carbocycles. The third-order valence-electron chi connectivity index (χ3n) is 2.52. The number of rotatable bonds is 7. The maximum absolute atomic E-state index is 11.0. The highest BCUT2D eigenvalue weighted by Crippen LogP contribution is 2.28. The van der Waals surface area contributed by atoms with Crippen LogP contribution in [0.1, 0.15) is 33.1 Å². The van der Waals surface area contributed by atoms with Crippen LogP contribution in [0, 0.1) is 10.1 Å². The number of aromatic nitrogens is 2. The first kappa shape index (κ1) is 14.1. The van der Waals surface area contributed by atoms with Crippen LogP contribution >= 0.6 is 0 Å². The summed E-state index contributed by atoms with van der Waals surface area (Å²) < 4.78 is 0. The van der Waals surface area contributed by atoms with Crippen LogP contribution in [0.15, 0.2) is 6.33 Å². The fourth-order valence-corrected chi connectivity index (χ4v) is 1.58. The summed E-state index contributed by atoms with van der Waals surface area (Å²) in [4.78, 5) is 18.1. The minimum Gasteiger partial charge on any atom is -0.362 e. The molecule has 0 amide bonds. The van der Waals surface area contributed by atoms with E-state index in [9.17, 15) is 10.1 Å². The molecule has 1 aromatic heterocycles. The molecule has 8 heteroatoms. The molecule has 0 saturated heterocycles. The summed E-state index contributed by atoms with van der Waals surface area (Å²) in [5.74, 6) is 5.38. The molecule has 0 saturated carbocycles. The van der Waals surface area contributed by atoms with Gasteiger partial charge in [-0.15, -0.1) is 0 Å². The standard InChI is InChI=1S/C10H18N6O2/c1-3-4-5-7(2)14-9-8(16(17)18)10(15-11)13-6-12-9/h6-7H,3-5,11H2,1-2H3,(H2,12,13,14,15). The number of nitrogens with two attached hydrogens (primary N) is 1. The second kappa shape index (κ2) is 6.70. The number of nitrogen functional groups attached to an aromatic ring is 1. The molecular formula is C10H18N6O2. The normalized spacial score (nSPS) is 11.9. The van der Waals surface area contributed by atoms with Gasteiger partial charge in [0, 0.05) is 6.04 Å². The van der Waals surface area contributed by atoms with Gasteiger partial charge in [0.1, 0.15) is 6.33 Å². The molecule has 0 aliphatic rings. The van der Waals surface area contributed by atoms with Crippen molar-refractivity contribution >= 4 is 17.3 Å². The molecule has 4 N–H and O–H groups in total. The van der Waals surface area contributed by atoms with Crippen molar-refractivity contribution in [1.82, 2.24) is 9.97 Å². The predicted molar refractivity (Wildman–Crippen MR) is 69.1 cm³/mol. The molecule has 0 radical (unpaired) electrons. The largest absolute Gasteiger partial charge is 0.362 e. The second-order valence-corrected chi connectivity index (χ2v) is 4.01. The fourth-order valence-electron chi connectivity index (χ4n) is 1.58. The summed E-state index contributed by atoms with van der Waals surface area (Å²) in [7, 11) is 0. The Morgan fingerprint density at radius 2 is 2.17 bits per heavy atom. The van der Waals surface area contributed by atoms with E-state index in [-0.39, 0.29) is 23.4 Å². The summed E-state index contributed by atoms with van der Waals surface area (Å²) in [6.07, 6.45) is 4.28. The van der Waals surface area contributed by atoms with Gasteiger partial charge >= 0.3 is 5.69 Å². The topological polar surface area (TPSA) is 119 Å². The smallest absolute Gasteiger partial charge is 0.354 e. The van der Waals surface area contributed by atoms with Gasteiger partial charge in [0.2, 0.25) is 11.6 Å². The number of hydrogen-bond acceptors (Lipinski definition) is 7. The van der Waals surface area contributed by atoms with Gasteiger partial charge in [-0.2, -0.15) is 0 Å². The highest BCUT2D eigenvalue weighted by molar-refractivity contribution is 5.68. The van der Waals surface area contributed by atoms with E-state index in [0.29, 0.717) is 0 Å². The molecule has 1 atom stereocenters. The first-order valence-electron chi connectivity index (χ1n) is 5.82. The van der Waals surface area contributed by atoms with Crippen molar-refractivity contribution in [3.8, 4) is 0 Å². The number of anilines is 2. The highest BCUT2D eigenvalue weighted by atomic mass is 16.6. The highest BCUT2D eigenvalue weighted by Gasteiger charge is 2.23. The Bertz CT molecular complexity index is 411. The molecule has 0 aliphatic heterocycles. The molecule has 1 unspecified atom stereocenters. The molecule has 100 valence electrons. The van der Waals surface area contributed by atoms with Crippen molar-refractivity contribution in [3.05, 3.63) is 16.4 Å². The summed E-state index contributed by atoms with van der Waals surface area (Å²) in [5.41, 5.74) is 1.97. The van der Waals surface area contributed by atoms with Crippen LogP contribution in [-0.4, -0.2) is 20.9 Å². The van der Waals surface area contributed by atoms with E-state index in [1.165, 1.54) is 6.33 Å². The Labute approximate surface area is 105 Å². The zero-order chi connectivity index (χ0) is 13.5. The summed E-state index contributed by atoms with van der Waals surface area (Å²) in [6.45, 7) is 4.05. The van der Waals surface area contributed by atoms with Crippen LogP contribution in [0.5, 0.6) is 0 Å². The lowest BCUT2D eigenvalue weighted by Gasteiger charge is -2.14. The monoisotopic (exact) mass is 254 g/mol. The first-order valence-corrected chi connectivity index (χ1v) is 5.82. The van der Waals surface area contributed by atoms with Crippen LogP contribution in [0.4, 0.5) is 17.3 Å². The van der Waals surface area contributed by atoms with E-state index in [1.807, 2.05) is 6.92 Å². The zero-order valence-electron chi connectivity index (χ0n) is 10.5. The van der Waals surface area contributed by atoms with Crippen molar-refractivity contribution in [1.29, 1.82) is 0 Å². The minimum absolute atomic E-state index is 0.000177. The lowest BCUT2D eigenvalue weighted by Crippen LogP contribution is -2.19. The molecule has 1 rings (SSSR count). The first-order chi connectivity index (χ1) is 8.60. The average Bonchev–Trinajstić information content (AvgIpc) is 2.35. The van der Waals surface area contributed by atoms with Gasteiger partial charge in [-0.25, -0.2) is 15.8 Å². The zero-order valence-corrected chi connectivity index (χ0v) is 10.5. The van der Waals surface area contributed by atoms with Gasteiger partial charge in [0.05, 0.1) is 4.92 Å². The summed E-state index contributed by atoms with van der Waals surface area (Å²) in [5, 5.41) is 14.0. The molecule has 0 fully saturated rings. The molecule has 8 nitrogen and oxygen atoms in total. The van der Waals surface area contributed by atoms with Crippen LogP contribution in [0.25, 0.3) is 0 Å². The Balaban J connectivity index is 2.90. The molecule has 1 aromatic rings. The van der Waals surface area contributed by atoms with Crippen LogP contribution < -0.4 is 16.6 Å². The Kier molecular flexibility index (Phi) is 5.25. The number of nitrogens with zero attached hydrogens (tertiary/aromatic N) is 3. The Morgan fingerprint density at radius 1 is 1.50 bits per heavy atom. The van der Waals surface area contributed by atoms with Gasteiger partial charge in [-0.3, -0.25) is 10.1 Å². The quantitative estimate of drug-likeness (QED) is 0.384. The van der Waals surface area contributed by atoms with E-state index in [1.54, 1.807) is 0 Å². The number of hydrogen-bond donors (Lipinski definition) is 3. The van der Waals surface area contributed by atoms with Crippen molar-refractivity contribution in [3.63, 3.8) is 0 Å². The number of nitrogens with one attached hydrogen (secondary N) is 2. The van der Waals surface area contributed by atoms with Crippen molar-refractivity contribution < 1.29 is 4.92 Å². The van der Waals surface area contributed by atoms with Gasteiger partial charge in [-0.05, 0) is 13.3 Å². The predicted octanol–water partition coefficient (Wildman–Crippen LogP) is 1.66. The van der Waals surface area contributed by atoms with Gasteiger partial charge < -0.3 is 10.7 Å². The van der Waals surface area contributed by atoms with E-state index < -0.39 is 4.92 Å². The fraction of sp³-hybridized carbons (Fsp3) is 0.600. The third-order valence-corrected chi connectivity index (χ3v) is 2.52. The van der Waals surface area contributed by atoms with Gasteiger partial charge in [0.25, 0.3) is 0 Å². The summed E-state index contributed by atoms with van der Waals surface area (Å²) in [6, 6.07) is 0.101. The Hall–Kier alpha value is -1.96. The van der Waals surface area contributed by atoms with Gasteiger partial charge in [0.15, 0.2) is 0 Å². The van der Waals surface area contributed by atoms with E-state index in [2.05, 4.69) is 27.6 Å². The number of nitro groups is 1.